The second kappa shape index (κ2) is 9.26. The maximum Gasteiger partial charge on any atom is 0.338 e. The lowest BCUT2D eigenvalue weighted by Gasteiger charge is -2.57. The number of rotatable bonds is 6. The van der Waals surface area contributed by atoms with Crippen LogP contribution in [0.2, 0.25) is 0 Å². The Kier molecular flexibility index (Phi) is 6.48. The number of ether oxygens (including phenoxy) is 1. The highest BCUT2D eigenvalue weighted by atomic mass is 32.2. The number of sulfonamides is 1. The summed E-state index contributed by atoms with van der Waals surface area (Å²) < 4.78 is 33.2. The van der Waals surface area contributed by atoms with Crippen LogP contribution >= 0.6 is 0 Å². The number of amides is 1. The van der Waals surface area contributed by atoms with Gasteiger partial charge in [0.25, 0.3) is 5.91 Å². The van der Waals surface area contributed by atoms with Gasteiger partial charge in [0.1, 0.15) is 0 Å². The highest BCUT2D eigenvalue weighted by Crippen LogP contribution is 2.55. The van der Waals surface area contributed by atoms with Crippen LogP contribution in [-0.4, -0.2) is 49.3 Å². The van der Waals surface area contributed by atoms with E-state index >= 15 is 0 Å². The van der Waals surface area contributed by atoms with Crippen molar-refractivity contribution in [1.29, 1.82) is 0 Å². The molecule has 6 rings (SSSR count). The van der Waals surface area contributed by atoms with Gasteiger partial charge in [0.2, 0.25) is 10.0 Å². The van der Waals surface area contributed by atoms with Gasteiger partial charge >= 0.3 is 5.97 Å². The van der Waals surface area contributed by atoms with E-state index in [4.69, 9.17) is 4.74 Å². The molecule has 1 atom stereocenters. The van der Waals surface area contributed by atoms with Gasteiger partial charge in [-0.15, -0.1) is 0 Å². The second-order valence-electron chi connectivity index (χ2n) is 11.1. The van der Waals surface area contributed by atoms with E-state index in [0.29, 0.717) is 30.8 Å². The van der Waals surface area contributed by atoms with E-state index in [2.05, 4.69) is 5.32 Å². The van der Waals surface area contributed by atoms with Crippen LogP contribution in [0, 0.1) is 17.8 Å². The van der Waals surface area contributed by atoms with Crippen LogP contribution in [0.4, 0.5) is 0 Å². The largest absolute Gasteiger partial charge is 0.449 e. The first kappa shape index (κ1) is 23.8. The summed E-state index contributed by atoms with van der Waals surface area (Å²) in [4.78, 5) is 25.9. The lowest BCUT2D eigenvalue weighted by molar-refractivity contribution is -0.134. The van der Waals surface area contributed by atoms with Gasteiger partial charge in [-0.05, 0) is 94.2 Å². The molecule has 34 heavy (non-hydrogen) atoms. The highest BCUT2D eigenvalue weighted by Gasteiger charge is 2.51. The SMILES string of the molecule is CC(OC(=O)c1cccc(S(=O)(=O)N2CCCCCC2)c1)C(=O)NC12CC3CC(CC(C3)C1)C2. The Balaban J connectivity index is 1.23. The maximum atomic E-state index is 13.1. The number of hydrogen-bond donors (Lipinski definition) is 1. The number of nitrogens with one attached hydrogen (secondary N) is 1. The molecule has 1 N–H and O–H groups in total. The molecule has 1 heterocycles. The van der Waals surface area contributed by atoms with E-state index < -0.39 is 22.1 Å². The van der Waals surface area contributed by atoms with Crippen LogP contribution < -0.4 is 5.32 Å². The minimum atomic E-state index is -3.67. The number of esters is 1. The molecule has 186 valence electrons. The lowest BCUT2D eigenvalue weighted by Crippen LogP contribution is -2.61. The molecule has 1 aliphatic heterocycles. The number of benzene rings is 1. The smallest absolute Gasteiger partial charge is 0.338 e. The first-order valence-corrected chi connectivity index (χ1v) is 14.3. The van der Waals surface area contributed by atoms with Gasteiger partial charge in [0, 0.05) is 18.6 Å². The van der Waals surface area contributed by atoms with E-state index in [-0.39, 0.29) is 21.9 Å². The van der Waals surface area contributed by atoms with Crippen molar-refractivity contribution in [2.45, 2.75) is 87.7 Å². The Hall–Kier alpha value is -1.93. The van der Waals surface area contributed by atoms with Crippen molar-refractivity contribution in [3.8, 4) is 0 Å². The first-order chi connectivity index (χ1) is 16.2. The van der Waals surface area contributed by atoms with Crippen molar-refractivity contribution < 1.29 is 22.7 Å². The molecule has 1 aromatic rings. The summed E-state index contributed by atoms with van der Waals surface area (Å²) >= 11 is 0. The van der Waals surface area contributed by atoms with Crippen molar-refractivity contribution >= 4 is 21.9 Å². The molecule has 8 heteroatoms. The zero-order chi connectivity index (χ0) is 23.9. The van der Waals surface area contributed by atoms with Crippen LogP contribution in [0.1, 0.15) is 81.5 Å². The summed E-state index contributed by atoms with van der Waals surface area (Å²) in [6.07, 6.45) is 9.76. The molecule has 0 aromatic heterocycles. The lowest BCUT2D eigenvalue weighted by atomic mass is 9.53. The minimum Gasteiger partial charge on any atom is -0.449 e. The van der Waals surface area contributed by atoms with E-state index in [1.54, 1.807) is 13.0 Å². The van der Waals surface area contributed by atoms with Gasteiger partial charge in [0.05, 0.1) is 10.5 Å². The molecule has 1 amide bonds. The molecule has 7 nitrogen and oxygen atoms in total. The zero-order valence-electron chi connectivity index (χ0n) is 20.0. The van der Waals surface area contributed by atoms with Gasteiger partial charge in [-0.2, -0.15) is 4.31 Å². The Morgan fingerprint density at radius 1 is 1.00 bits per heavy atom. The number of nitrogens with zero attached hydrogens (tertiary/aromatic N) is 1. The molecular formula is C26H36N2O5S. The summed E-state index contributed by atoms with van der Waals surface area (Å²) in [5.74, 6) is 1.18. The summed E-state index contributed by atoms with van der Waals surface area (Å²) in [5, 5.41) is 3.25. The van der Waals surface area contributed by atoms with Gasteiger partial charge in [0.15, 0.2) is 6.10 Å². The number of carbonyl (C=O) groups excluding carboxylic acids is 2. The van der Waals surface area contributed by atoms with Gasteiger partial charge in [-0.3, -0.25) is 4.79 Å². The van der Waals surface area contributed by atoms with Crippen molar-refractivity contribution in [2.75, 3.05) is 13.1 Å². The standard InChI is InChI=1S/C26H36N2O5S/c1-18(24(29)27-26-15-19-11-20(16-26)13-21(12-19)17-26)33-25(30)22-7-6-8-23(14-22)34(31,32)28-9-4-2-3-5-10-28/h6-8,14,18-21H,2-5,9-13,15-17H2,1H3,(H,27,29). The molecule has 0 spiro atoms. The Morgan fingerprint density at radius 3 is 2.18 bits per heavy atom. The van der Waals surface area contributed by atoms with Crippen LogP contribution in [0.25, 0.3) is 0 Å². The fourth-order valence-corrected chi connectivity index (χ4v) is 8.69. The zero-order valence-corrected chi connectivity index (χ0v) is 20.8. The topological polar surface area (TPSA) is 92.8 Å². The van der Waals surface area contributed by atoms with Gasteiger partial charge < -0.3 is 10.1 Å². The number of carbonyl (C=O) groups is 2. The van der Waals surface area contributed by atoms with E-state index in [9.17, 15) is 18.0 Å². The second-order valence-corrected chi connectivity index (χ2v) is 13.0. The van der Waals surface area contributed by atoms with Gasteiger partial charge in [-0.1, -0.05) is 18.9 Å². The Labute approximate surface area is 202 Å². The fourth-order valence-electron chi connectivity index (χ4n) is 7.12. The average Bonchev–Trinajstić information content (AvgIpc) is 3.08. The Morgan fingerprint density at radius 2 is 1.59 bits per heavy atom. The molecule has 4 bridgehead atoms. The predicted molar refractivity (Wildman–Crippen MR) is 128 cm³/mol. The molecule has 0 radical (unpaired) electrons. The van der Waals surface area contributed by atoms with Gasteiger partial charge in [-0.25, -0.2) is 13.2 Å². The Bertz CT molecular complexity index is 1010. The van der Waals surface area contributed by atoms with E-state index in [0.717, 1.165) is 44.9 Å². The molecule has 1 saturated heterocycles. The van der Waals surface area contributed by atoms with Crippen molar-refractivity contribution in [3.63, 3.8) is 0 Å². The van der Waals surface area contributed by atoms with Crippen LogP contribution in [0.5, 0.6) is 0 Å². The predicted octanol–water partition coefficient (Wildman–Crippen LogP) is 3.88. The molecule has 4 aliphatic carbocycles. The van der Waals surface area contributed by atoms with E-state index in [1.165, 1.54) is 41.8 Å². The van der Waals surface area contributed by atoms with Crippen LogP contribution in [0.15, 0.2) is 29.2 Å². The molecule has 4 saturated carbocycles. The first-order valence-electron chi connectivity index (χ1n) is 12.9. The summed E-state index contributed by atoms with van der Waals surface area (Å²) in [7, 11) is -3.67. The van der Waals surface area contributed by atoms with Crippen molar-refractivity contribution in [3.05, 3.63) is 29.8 Å². The van der Waals surface area contributed by atoms with Crippen molar-refractivity contribution in [2.24, 2.45) is 17.8 Å². The van der Waals surface area contributed by atoms with Crippen LogP contribution in [-0.2, 0) is 19.6 Å². The fraction of sp³-hybridized carbons (Fsp3) is 0.692. The molecule has 5 fully saturated rings. The molecule has 5 aliphatic rings. The van der Waals surface area contributed by atoms with Crippen LogP contribution in [0.3, 0.4) is 0 Å². The number of hydrogen-bond acceptors (Lipinski definition) is 5. The van der Waals surface area contributed by atoms with Crippen molar-refractivity contribution in [1.82, 2.24) is 9.62 Å². The third-order valence-electron chi connectivity index (χ3n) is 8.35. The average molecular weight is 489 g/mol. The third-order valence-corrected chi connectivity index (χ3v) is 10.2. The monoisotopic (exact) mass is 488 g/mol. The van der Waals surface area contributed by atoms with E-state index in [1.807, 2.05) is 0 Å². The highest BCUT2D eigenvalue weighted by molar-refractivity contribution is 7.89. The normalized spacial score (nSPS) is 32.1. The maximum absolute atomic E-state index is 13.1. The summed E-state index contributed by atoms with van der Waals surface area (Å²) in [5.41, 5.74) is -0.00134. The summed E-state index contributed by atoms with van der Waals surface area (Å²) in [6.45, 7) is 2.59. The summed E-state index contributed by atoms with van der Waals surface area (Å²) in [6, 6.07) is 5.97. The third kappa shape index (κ3) is 4.76. The molecule has 1 unspecified atom stereocenters. The quantitative estimate of drug-likeness (QED) is 0.614. The molecular weight excluding hydrogens is 452 g/mol. The molecule has 1 aromatic carbocycles. The minimum absolute atomic E-state index is 0.0921.